The van der Waals surface area contributed by atoms with Crippen LogP contribution in [0.1, 0.15) is 50.2 Å². The molecule has 1 aliphatic carbocycles. The molecule has 3 nitrogen and oxygen atoms in total. The Morgan fingerprint density at radius 2 is 1.90 bits per heavy atom. The van der Waals surface area contributed by atoms with Crippen molar-refractivity contribution in [1.82, 2.24) is 4.90 Å². The average molecular weight is 281 g/mol. The van der Waals surface area contributed by atoms with Crippen LogP contribution in [-0.4, -0.2) is 17.1 Å². The minimum atomic E-state index is 0.334. The highest BCUT2D eigenvalue weighted by Gasteiger charge is 2.30. The van der Waals surface area contributed by atoms with Crippen molar-refractivity contribution in [3.8, 4) is 6.07 Å². The zero-order chi connectivity index (χ0) is 14.8. The van der Waals surface area contributed by atoms with Crippen molar-refractivity contribution in [3.05, 3.63) is 41.7 Å². The maximum Gasteiger partial charge on any atom is 0.103 e. The Hall–Kier alpha value is -1.95. The number of rotatable bonds is 2. The standard InChI is InChI=1S/C18H23N3/c1-14-8-9-16(13-19)12-18(14)21-11-10-20(15(21)2)17-6-4-3-5-7-17/h8-12,15,17H,3-7H2,1-2H3/t15-/m1/s1. The van der Waals surface area contributed by atoms with E-state index in [2.05, 4.69) is 42.1 Å². The van der Waals surface area contributed by atoms with Gasteiger partial charge in [-0.15, -0.1) is 0 Å². The lowest BCUT2D eigenvalue weighted by molar-refractivity contribution is 0.187. The molecule has 1 aromatic carbocycles. The van der Waals surface area contributed by atoms with Crippen LogP contribution < -0.4 is 4.90 Å². The lowest BCUT2D eigenvalue weighted by atomic mass is 9.94. The molecule has 0 aromatic heterocycles. The first-order chi connectivity index (χ1) is 10.2. The highest BCUT2D eigenvalue weighted by atomic mass is 15.4. The topological polar surface area (TPSA) is 30.3 Å². The molecule has 1 fully saturated rings. The molecule has 0 radical (unpaired) electrons. The fourth-order valence-corrected chi connectivity index (χ4v) is 3.59. The van der Waals surface area contributed by atoms with Gasteiger partial charge in [-0.1, -0.05) is 25.3 Å². The third-order valence-corrected chi connectivity index (χ3v) is 4.85. The average Bonchev–Trinajstić information content (AvgIpc) is 2.90. The predicted octanol–water partition coefficient (Wildman–Crippen LogP) is 4.14. The molecule has 0 amide bonds. The van der Waals surface area contributed by atoms with Gasteiger partial charge >= 0.3 is 0 Å². The van der Waals surface area contributed by atoms with Crippen LogP contribution in [-0.2, 0) is 0 Å². The number of benzene rings is 1. The zero-order valence-electron chi connectivity index (χ0n) is 12.9. The highest BCUT2D eigenvalue weighted by Crippen LogP contribution is 2.33. The summed E-state index contributed by atoms with van der Waals surface area (Å²) in [4.78, 5) is 4.79. The summed E-state index contributed by atoms with van der Waals surface area (Å²) in [5.74, 6) is 0. The van der Waals surface area contributed by atoms with Gasteiger partial charge in [0.15, 0.2) is 0 Å². The number of aryl methyl sites for hydroxylation is 1. The van der Waals surface area contributed by atoms with E-state index in [1.54, 1.807) is 0 Å². The van der Waals surface area contributed by atoms with Gasteiger partial charge in [0, 0.05) is 24.1 Å². The summed E-state index contributed by atoms with van der Waals surface area (Å²) in [6.07, 6.45) is 11.4. The van der Waals surface area contributed by atoms with E-state index in [0.29, 0.717) is 12.2 Å². The van der Waals surface area contributed by atoms with Crippen molar-refractivity contribution in [1.29, 1.82) is 5.26 Å². The molecule has 21 heavy (non-hydrogen) atoms. The van der Waals surface area contributed by atoms with Gasteiger partial charge in [0.05, 0.1) is 11.6 Å². The van der Waals surface area contributed by atoms with Crippen LogP contribution in [0.2, 0.25) is 0 Å². The van der Waals surface area contributed by atoms with E-state index in [9.17, 15) is 0 Å². The van der Waals surface area contributed by atoms with E-state index in [4.69, 9.17) is 5.26 Å². The molecular weight excluding hydrogens is 258 g/mol. The van der Waals surface area contributed by atoms with E-state index < -0.39 is 0 Å². The van der Waals surface area contributed by atoms with Crippen molar-refractivity contribution in [3.63, 3.8) is 0 Å². The summed E-state index contributed by atoms with van der Waals surface area (Å²) < 4.78 is 0. The van der Waals surface area contributed by atoms with E-state index in [-0.39, 0.29) is 0 Å². The van der Waals surface area contributed by atoms with Gasteiger partial charge in [-0.25, -0.2) is 0 Å². The second-order valence-electron chi connectivity index (χ2n) is 6.19. The fraction of sp³-hybridized carbons (Fsp3) is 0.500. The zero-order valence-corrected chi connectivity index (χ0v) is 12.9. The molecule has 1 aromatic rings. The molecule has 2 aliphatic rings. The molecule has 3 rings (SSSR count). The summed E-state index contributed by atoms with van der Waals surface area (Å²) in [7, 11) is 0. The lowest BCUT2D eigenvalue weighted by Crippen LogP contribution is -2.43. The van der Waals surface area contributed by atoms with Crippen LogP contribution in [0.25, 0.3) is 0 Å². The Kier molecular flexibility index (Phi) is 3.88. The van der Waals surface area contributed by atoms with Crippen LogP contribution >= 0.6 is 0 Å². The smallest absolute Gasteiger partial charge is 0.103 e. The van der Waals surface area contributed by atoms with E-state index in [1.807, 2.05) is 18.2 Å². The Morgan fingerprint density at radius 3 is 2.62 bits per heavy atom. The first-order valence-corrected chi connectivity index (χ1v) is 7.95. The molecular formula is C18H23N3. The summed E-state index contributed by atoms with van der Waals surface area (Å²) in [5.41, 5.74) is 3.10. The van der Waals surface area contributed by atoms with E-state index in [1.165, 1.54) is 37.7 Å². The molecule has 1 saturated carbocycles. The van der Waals surface area contributed by atoms with Crippen molar-refractivity contribution in [2.75, 3.05) is 4.90 Å². The lowest BCUT2D eigenvalue weighted by Gasteiger charge is -2.38. The molecule has 0 unspecified atom stereocenters. The number of anilines is 1. The quantitative estimate of drug-likeness (QED) is 0.816. The van der Waals surface area contributed by atoms with Crippen LogP contribution in [0, 0.1) is 18.3 Å². The maximum absolute atomic E-state index is 9.12. The molecule has 1 heterocycles. The van der Waals surface area contributed by atoms with Crippen molar-refractivity contribution >= 4 is 5.69 Å². The maximum atomic E-state index is 9.12. The Labute approximate surface area is 127 Å². The van der Waals surface area contributed by atoms with Gasteiger partial charge in [-0.05, 0) is 44.4 Å². The molecule has 110 valence electrons. The molecule has 1 aliphatic heterocycles. The first-order valence-electron chi connectivity index (χ1n) is 7.95. The Bertz CT molecular complexity index is 579. The predicted molar refractivity (Wildman–Crippen MR) is 85.7 cm³/mol. The van der Waals surface area contributed by atoms with Gasteiger partial charge in [-0.2, -0.15) is 5.26 Å². The Morgan fingerprint density at radius 1 is 1.14 bits per heavy atom. The summed E-state index contributed by atoms with van der Waals surface area (Å²) in [5, 5.41) is 9.12. The SMILES string of the molecule is Cc1ccc(C#N)cc1N1C=CN(C2CCCCC2)[C@H]1C. The second kappa shape index (κ2) is 5.81. The second-order valence-corrected chi connectivity index (χ2v) is 6.19. The third kappa shape index (κ3) is 2.63. The van der Waals surface area contributed by atoms with Gasteiger partial charge in [-0.3, -0.25) is 0 Å². The number of nitrogens with zero attached hydrogens (tertiary/aromatic N) is 3. The summed E-state index contributed by atoms with van der Waals surface area (Å²) >= 11 is 0. The molecule has 0 bridgehead atoms. The van der Waals surface area contributed by atoms with Gasteiger partial charge < -0.3 is 9.80 Å². The molecule has 3 heteroatoms. The third-order valence-electron chi connectivity index (χ3n) is 4.85. The minimum Gasteiger partial charge on any atom is -0.353 e. The van der Waals surface area contributed by atoms with Crippen molar-refractivity contribution < 1.29 is 0 Å². The van der Waals surface area contributed by atoms with Crippen molar-refractivity contribution in [2.45, 2.75) is 58.2 Å². The van der Waals surface area contributed by atoms with Gasteiger partial charge in [0.1, 0.15) is 6.17 Å². The molecule has 0 saturated heterocycles. The largest absolute Gasteiger partial charge is 0.353 e. The van der Waals surface area contributed by atoms with Crippen LogP contribution in [0.5, 0.6) is 0 Å². The van der Waals surface area contributed by atoms with E-state index in [0.717, 1.165) is 11.3 Å². The number of hydrogen-bond donors (Lipinski definition) is 0. The van der Waals surface area contributed by atoms with Gasteiger partial charge in [0.25, 0.3) is 0 Å². The van der Waals surface area contributed by atoms with Crippen LogP contribution in [0.4, 0.5) is 5.69 Å². The van der Waals surface area contributed by atoms with Crippen molar-refractivity contribution in [2.24, 2.45) is 0 Å². The number of nitriles is 1. The summed E-state index contributed by atoms with van der Waals surface area (Å²) in [6.45, 7) is 4.37. The molecule has 1 atom stereocenters. The fourth-order valence-electron chi connectivity index (χ4n) is 3.59. The first kappa shape index (κ1) is 14.0. The van der Waals surface area contributed by atoms with E-state index >= 15 is 0 Å². The Balaban J connectivity index is 1.82. The molecule has 0 N–H and O–H groups in total. The van der Waals surface area contributed by atoms with Crippen LogP contribution in [0.15, 0.2) is 30.6 Å². The highest BCUT2D eigenvalue weighted by molar-refractivity contribution is 5.60. The van der Waals surface area contributed by atoms with Crippen LogP contribution in [0.3, 0.4) is 0 Å². The minimum absolute atomic E-state index is 0.334. The monoisotopic (exact) mass is 281 g/mol. The normalized spacial score (nSPS) is 22.6. The summed E-state index contributed by atoms with van der Waals surface area (Å²) in [6, 6.07) is 8.85. The number of hydrogen-bond acceptors (Lipinski definition) is 3. The van der Waals surface area contributed by atoms with Gasteiger partial charge in [0.2, 0.25) is 0 Å². The molecule has 0 spiro atoms.